The van der Waals surface area contributed by atoms with Crippen LogP contribution in [0.3, 0.4) is 0 Å². The molecular formula is C13H13ClN2O. The van der Waals surface area contributed by atoms with Gasteiger partial charge in [0.15, 0.2) is 0 Å². The molecule has 0 unspecified atom stereocenters. The summed E-state index contributed by atoms with van der Waals surface area (Å²) in [5.41, 5.74) is 8.27. The van der Waals surface area contributed by atoms with Crippen LogP contribution >= 0.6 is 11.6 Å². The van der Waals surface area contributed by atoms with Gasteiger partial charge in [0.25, 0.3) is 0 Å². The lowest BCUT2D eigenvalue weighted by Crippen LogP contribution is -1.94. The van der Waals surface area contributed by atoms with Crippen molar-refractivity contribution in [2.75, 3.05) is 5.73 Å². The van der Waals surface area contributed by atoms with Crippen LogP contribution in [-0.4, -0.2) is 4.98 Å². The molecule has 1 aromatic heterocycles. The van der Waals surface area contributed by atoms with Crippen LogP contribution in [0, 0.1) is 13.8 Å². The predicted molar refractivity (Wildman–Crippen MR) is 69.6 cm³/mol. The van der Waals surface area contributed by atoms with E-state index in [0.29, 0.717) is 16.6 Å². The van der Waals surface area contributed by atoms with Crippen LogP contribution < -0.4 is 10.5 Å². The maximum atomic E-state index is 5.88. The number of rotatable bonds is 2. The van der Waals surface area contributed by atoms with Gasteiger partial charge >= 0.3 is 0 Å². The number of nitrogen functional groups attached to an aromatic ring is 1. The molecule has 0 atom stereocenters. The average molecular weight is 249 g/mol. The van der Waals surface area contributed by atoms with Gasteiger partial charge in [0.1, 0.15) is 5.75 Å². The summed E-state index contributed by atoms with van der Waals surface area (Å²) in [6.07, 6.45) is 1.59. The lowest BCUT2D eigenvalue weighted by atomic mass is 10.2. The molecule has 4 heteroatoms. The first-order chi connectivity index (χ1) is 8.06. The number of ether oxygens (including phenoxy) is 1. The molecule has 0 aliphatic carbocycles. The maximum absolute atomic E-state index is 5.88. The third-order valence-corrected chi connectivity index (χ3v) is 2.71. The molecule has 0 bridgehead atoms. The largest absolute Gasteiger partial charge is 0.439 e. The summed E-state index contributed by atoms with van der Waals surface area (Å²) in [6.45, 7) is 3.85. The number of benzene rings is 1. The minimum atomic E-state index is 0.530. The fourth-order valence-electron chi connectivity index (χ4n) is 1.44. The first-order valence-electron chi connectivity index (χ1n) is 5.22. The van der Waals surface area contributed by atoms with Crippen molar-refractivity contribution < 1.29 is 4.74 Å². The van der Waals surface area contributed by atoms with Crippen LogP contribution in [-0.2, 0) is 0 Å². The Kier molecular flexibility index (Phi) is 3.20. The quantitative estimate of drug-likeness (QED) is 0.881. The number of halogens is 1. The van der Waals surface area contributed by atoms with Gasteiger partial charge in [0.2, 0.25) is 5.88 Å². The first-order valence-corrected chi connectivity index (χ1v) is 5.60. The second-order valence-corrected chi connectivity index (χ2v) is 4.33. The average Bonchev–Trinajstić information content (AvgIpc) is 2.27. The summed E-state index contributed by atoms with van der Waals surface area (Å²) >= 11 is 5.88. The number of aryl methyl sites for hydroxylation is 2. The molecule has 0 aliphatic heterocycles. The van der Waals surface area contributed by atoms with Gasteiger partial charge in [-0.25, -0.2) is 4.98 Å². The van der Waals surface area contributed by atoms with Gasteiger partial charge in [0, 0.05) is 11.1 Å². The number of hydrogen-bond acceptors (Lipinski definition) is 3. The van der Waals surface area contributed by atoms with E-state index in [1.165, 1.54) is 0 Å². The van der Waals surface area contributed by atoms with Gasteiger partial charge in [-0.1, -0.05) is 11.6 Å². The van der Waals surface area contributed by atoms with Gasteiger partial charge in [0.05, 0.1) is 11.9 Å². The van der Waals surface area contributed by atoms with E-state index in [9.17, 15) is 0 Å². The fourth-order valence-corrected chi connectivity index (χ4v) is 1.66. The Morgan fingerprint density at radius 2 is 1.94 bits per heavy atom. The van der Waals surface area contributed by atoms with Crippen molar-refractivity contribution in [3.63, 3.8) is 0 Å². The van der Waals surface area contributed by atoms with Crippen molar-refractivity contribution in [3.05, 3.63) is 46.6 Å². The van der Waals surface area contributed by atoms with Crippen LogP contribution in [0.5, 0.6) is 11.6 Å². The van der Waals surface area contributed by atoms with Crippen molar-refractivity contribution in [3.8, 4) is 11.6 Å². The normalized spacial score (nSPS) is 10.3. The number of pyridine rings is 1. The van der Waals surface area contributed by atoms with E-state index in [1.807, 2.05) is 32.0 Å². The van der Waals surface area contributed by atoms with Gasteiger partial charge in [-0.3, -0.25) is 0 Å². The monoisotopic (exact) mass is 248 g/mol. The van der Waals surface area contributed by atoms with Crippen LogP contribution in [0.4, 0.5) is 5.69 Å². The zero-order valence-electron chi connectivity index (χ0n) is 9.70. The second kappa shape index (κ2) is 4.63. The van der Waals surface area contributed by atoms with Crippen molar-refractivity contribution in [2.45, 2.75) is 13.8 Å². The summed E-state index contributed by atoms with van der Waals surface area (Å²) in [7, 11) is 0. The lowest BCUT2D eigenvalue weighted by Gasteiger charge is -2.09. The summed E-state index contributed by atoms with van der Waals surface area (Å²) < 4.78 is 5.67. The first kappa shape index (κ1) is 11.7. The molecule has 3 nitrogen and oxygen atoms in total. The minimum absolute atomic E-state index is 0.530. The molecule has 88 valence electrons. The number of nitrogens with zero attached hydrogens (tertiary/aromatic N) is 1. The molecule has 0 spiro atoms. The molecule has 0 saturated heterocycles. The van der Waals surface area contributed by atoms with Gasteiger partial charge in [-0.2, -0.15) is 0 Å². The zero-order valence-corrected chi connectivity index (χ0v) is 10.5. The van der Waals surface area contributed by atoms with Crippen molar-refractivity contribution in [1.29, 1.82) is 0 Å². The standard InChI is InChI=1S/C13H13ClN2O/c1-8-6-13(16-7-11(8)15)17-12-4-3-10(14)5-9(12)2/h3-7H,15H2,1-2H3. The molecule has 2 N–H and O–H groups in total. The van der Waals surface area contributed by atoms with Gasteiger partial charge in [-0.05, 0) is 43.2 Å². The van der Waals surface area contributed by atoms with E-state index in [0.717, 1.165) is 16.9 Å². The molecule has 1 heterocycles. The zero-order chi connectivity index (χ0) is 12.4. The molecule has 0 radical (unpaired) electrons. The topological polar surface area (TPSA) is 48.1 Å². The second-order valence-electron chi connectivity index (χ2n) is 3.89. The SMILES string of the molecule is Cc1cc(Oc2ccc(Cl)cc2C)ncc1N. The summed E-state index contributed by atoms with van der Waals surface area (Å²) in [5.74, 6) is 1.27. The molecule has 17 heavy (non-hydrogen) atoms. The molecule has 2 rings (SSSR count). The van der Waals surface area contributed by atoms with Crippen molar-refractivity contribution in [2.24, 2.45) is 0 Å². The van der Waals surface area contributed by atoms with E-state index in [1.54, 1.807) is 12.3 Å². The molecular weight excluding hydrogens is 236 g/mol. The highest BCUT2D eigenvalue weighted by molar-refractivity contribution is 6.30. The summed E-state index contributed by atoms with van der Waals surface area (Å²) in [4.78, 5) is 4.12. The summed E-state index contributed by atoms with van der Waals surface area (Å²) in [6, 6.07) is 7.27. The maximum Gasteiger partial charge on any atom is 0.219 e. The van der Waals surface area contributed by atoms with Crippen LogP contribution in [0.1, 0.15) is 11.1 Å². The smallest absolute Gasteiger partial charge is 0.219 e. The van der Waals surface area contributed by atoms with Crippen molar-refractivity contribution in [1.82, 2.24) is 4.98 Å². The van der Waals surface area contributed by atoms with E-state index < -0.39 is 0 Å². The molecule has 2 aromatic rings. The fraction of sp³-hybridized carbons (Fsp3) is 0.154. The molecule has 0 saturated carbocycles. The Morgan fingerprint density at radius 1 is 1.18 bits per heavy atom. The van der Waals surface area contributed by atoms with Crippen LogP contribution in [0.2, 0.25) is 5.02 Å². The van der Waals surface area contributed by atoms with Crippen LogP contribution in [0.15, 0.2) is 30.5 Å². The van der Waals surface area contributed by atoms with E-state index in [-0.39, 0.29) is 0 Å². The Balaban J connectivity index is 2.28. The molecule has 0 aliphatic rings. The van der Waals surface area contributed by atoms with E-state index in [4.69, 9.17) is 22.1 Å². The van der Waals surface area contributed by atoms with Crippen molar-refractivity contribution >= 4 is 17.3 Å². The highest BCUT2D eigenvalue weighted by Gasteiger charge is 2.04. The molecule has 1 aromatic carbocycles. The Labute approximate surface area is 105 Å². The van der Waals surface area contributed by atoms with E-state index in [2.05, 4.69) is 4.98 Å². The van der Waals surface area contributed by atoms with Gasteiger partial charge in [-0.15, -0.1) is 0 Å². The number of hydrogen-bond donors (Lipinski definition) is 1. The highest BCUT2D eigenvalue weighted by Crippen LogP contribution is 2.27. The third-order valence-electron chi connectivity index (χ3n) is 2.48. The van der Waals surface area contributed by atoms with E-state index >= 15 is 0 Å². The number of aromatic nitrogens is 1. The Hall–Kier alpha value is -1.74. The minimum Gasteiger partial charge on any atom is -0.439 e. The highest BCUT2D eigenvalue weighted by atomic mass is 35.5. The molecule has 0 amide bonds. The van der Waals surface area contributed by atoms with Gasteiger partial charge < -0.3 is 10.5 Å². The lowest BCUT2D eigenvalue weighted by molar-refractivity contribution is 0.459. The van der Waals surface area contributed by atoms with Crippen LogP contribution in [0.25, 0.3) is 0 Å². The number of anilines is 1. The summed E-state index contributed by atoms with van der Waals surface area (Å²) in [5, 5.41) is 0.691. The Morgan fingerprint density at radius 3 is 2.59 bits per heavy atom. The third kappa shape index (κ3) is 2.68. The Bertz CT molecular complexity index is 555. The predicted octanol–water partition coefficient (Wildman–Crippen LogP) is 3.73. The molecule has 0 fully saturated rings. The number of nitrogens with two attached hydrogens (primary N) is 1.